The molecule has 0 amide bonds. The SMILES string of the molecule is CCCCCCCCCC/C=C/CCCCCOC(=O)c1ccc(S(=O)(=O)[O-])cc1C(=O)OCCCCC/C=C/CCCCCCCCCC.[Na+]. The molecule has 0 aliphatic rings. The van der Waals surface area contributed by atoms with Crippen LogP contribution in [0.15, 0.2) is 47.4 Å². The molecule has 51 heavy (non-hydrogen) atoms. The van der Waals surface area contributed by atoms with Gasteiger partial charge in [0, 0.05) is 0 Å². The van der Waals surface area contributed by atoms with Crippen molar-refractivity contribution in [2.75, 3.05) is 13.2 Å². The predicted octanol–water partition coefficient (Wildman–Crippen LogP) is 9.20. The summed E-state index contributed by atoms with van der Waals surface area (Å²) in [4.78, 5) is 25.1. The molecule has 0 aromatic heterocycles. The van der Waals surface area contributed by atoms with Crippen molar-refractivity contribution < 1.29 is 61.6 Å². The van der Waals surface area contributed by atoms with Crippen LogP contribution in [-0.2, 0) is 19.6 Å². The van der Waals surface area contributed by atoms with Crippen molar-refractivity contribution >= 4 is 22.1 Å². The van der Waals surface area contributed by atoms with E-state index in [2.05, 4.69) is 38.2 Å². The molecule has 9 heteroatoms. The molecule has 0 fully saturated rings. The zero-order valence-corrected chi connectivity index (χ0v) is 35.4. The van der Waals surface area contributed by atoms with Crippen molar-refractivity contribution in [1.29, 1.82) is 0 Å². The van der Waals surface area contributed by atoms with Gasteiger partial charge in [-0.3, -0.25) is 0 Å². The number of carbonyl (C=O) groups excluding carboxylic acids is 2. The number of esters is 2. The third-order valence-corrected chi connectivity index (χ3v) is 9.83. The van der Waals surface area contributed by atoms with E-state index >= 15 is 0 Å². The minimum Gasteiger partial charge on any atom is -0.744 e. The first kappa shape index (κ1) is 49.6. The van der Waals surface area contributed by atoms with E-state index in [0.717, 1.165) is 69.6 Å². The van der Waals surface area contributed by atoms with Crippen molar-refractivity contribution in [1.82, 2.24) is 0 Å². The van der Waals surface area contributed by atoms with E-state index in [1.54, 1.807) is 0 Å². The third-order valence-electron chi connectivity index (χ3n) is 9.00. The number of carbonyl (C=O) groups is 2. The van der Waals surface area contributed by atoms with Crippen molar-refractivity contribution in [2.24, 2.45) is 0 Å². The monoisotopic (exact) mass is 740 g/mol. The van der Waals surface area contributed by atoms with Crippen LogP contribution in [0, 0.1) is 0 Å². The summed E-state index contributed by atoms with van der Waals surface area (Å²) in [5.74, 6) is -1.58. The van der Waals surface area contributed by atoms with E-state index in [1.165, 1.54) is 103 Å². The van der Waals surface area contributed by atoms with Gasteiger partial charge in [0.25, 0.3) is 0 Å². The van der Waals surface area contributed by atoms with Gasteiger partial charge in [0.15, 0.2) is 0 Å². The Labute approximate surface area is 334 Å². The maximum absolute atomic E-state index is 12.9. The molecule has 0 heterocycles. The Balaban J connectivity index is 0.0000250. The smallest absolute Gasteiger partial charge is 0.744 e. The Bertz CT molecular complexity index is 1180. The first-order chi connectivity index (χ1) is 24.3. The summed E-state index contributed by atoms with van der Waals surface area (Å²) in [6.07, 6.45) is 39.4. The van der Waals surface area contributed by atoms with Gasteiger partial charge in [0.05, 0.1) is 29.2 Å². The fourth-order valence-electron chi connectivity index (χ4n) is 5.86. The fraction of sp³-hybridized carbons (Fsp3) is 0.714. The standard InChI is InChI=1S/C42H70O7S.Na/c1-3-5-7-9-11-13-15-17-19-21-23-25-27-29-31-35-48-41(43)39-34-33-38(50(45,46)47)37-40(39)42(44)49-36-32-30-28-26-24-22-20-18-16-14-12-10-8-6-4-2;/h21-24,33-34,37H,3-20,25-32,35-36H2,1-2H3,(H,45,46,47);/q;+1/p-1/b23-21+,24-22+;. The normalized spacial score (nSPS) is 11.7. The number of allylic oxidation sites excluding steroid dienone is 4. The average Bonchev–Trinajstić information content (AvgIpc) is 3.10. The van der Waals surface area contributed by atoms with Gasteiger partial charge < -0.3 is 14.0 Å². The van der Waals surface area contributed by atoms with E-state index in [9.17, 15) is 22.6 Å². The maximum atomic E-state index is 12.9. The summed E-state index contributed by atoms with van der Waals surface area (Å²) in [5.41, 5.74) is -0.370. The Morgan fingerprint density at radius 1 is 0.529 bits per heavy atom. The van der Waals surface area contributed by atoms with Gasteiger partial charge >= 0.3 is 41.5 Å². The van der Waals surface area contributed by atoms with Crippen LogP contribution in [0.3, 0.4) is 0 Å². The molecule has 0 radical (unpaired) electrons. The Hall–Kier alpha value is -1.45. The van der Waals surface area contributed by atoms with E-state index in [-0.39, 0.29) is 53.9 Å². The molecule has 0 unspecified atom stereocenters. The van der Waals surface area contributed by atoms with Gasteiger partial charge in [-0.1, -0.05) is 128 Å². The topological polar surface area (TPSA) is 110 Å². The van der Waals surface area contributed by atoms with Crippen LogP contribution in [0.1, 0.15) is 202 Å². The molecule has 0 spiro atoms. The summed E-state index contributed by atoms with van der Waals surface area (Å²) >= 11 is 0. The number of hydrogen-bond acceptors (Lipinski definition) is 7. The van der Waals surface area contributed by atoms with Crippen LogP contribution >= 0.6 is 0 Å². The second-order valence-electron chi connectivity index (χ2n) is 13.6. The van der Waals surface area contributed by atoms with Crippen molar-refractivity contribution in [3.05, 3.63) is 53.6 Å². The molecule has 7 nitrogen and oxygen atoms in total. The third kappa shape index (κ3) is 27.8. The zero-order chi connectivity index (χ0) is 36.5. The summed E-state index contributed by atoms with van der Waals surface area (Å²) in [6, 6.07) is 3.09. The van der Waals surface area contributed by atoms with Gasteiger partial charge in [0.1, 0.15) is 10.1 Å². The number of hydrogen-bond donors (Lipinski definition) is 0. The van der Waals surface area contributed by atoms with E-state index < -0.39 is 27.0 Å². The Morgan fingerprint density at radius 3 is 1.24 bits per heavy atom. The molecule has 1 aromatic carbocycles. The molecule has 0 saturated heterocycles. The van der Waals surface area contributed by atoms with Crippen LogP contribution in [0.4, 0.5) is 0 Å². The van der Waals surface area contributed by atoms with Gasteiger partial charge in [-0.25, -0.2) is 18.0 Å². The molecule has 1 rings (SSSR count). The summed E-state index contributed by atoms with van der Waals surface area (Å²) in [7, 11) is -4.82. The van der Waals surface area contributed by atoms with E-state index in [4.69, 9.17) is 9.47 Å². The quantitative estimate of drug-likeness (QED) is 0.0232. The number of unbranched alkanes of at least 4 members (excludes halogenated alkanes) is 22. The minimum absolute atomic E-state index is 0. The average molecular weight is 741 g/mol. The molecule has 0 N–H and O–H groups in total. The molecule has 286 valence electrons. The van der Waals surface area contributed by atoms with Crippen LogP contribution < -0.4 is 29.6 Å². The van der Waals surface area contributed by atoms with E-state index in [0.29, 0.717) is 12.8 Å². The first-order valence-corrected chi connectivity index (χ1v) is 21.5. The van der Waals surface area contributed by atoms with Gasteiger partial charge in [-0.15, -0.1) is 0 Å². The predicted molar refractivity (Wildman–Crippen MR) is 205 cm³/mol. The largest absolute Gasteiger partial charge is 1.00 e. The second kappa shape index (κ2) is 34.3. The summed E-state index contributed by atoms with van der Waals surface area (Å²) in [5, 5.41) is 0. The van der Waals surface area contributed by atoms with Crippen LogP contribution in [-0.4, -0.2) is 38.1 Å². The van der Waals surface area contributed by atoms with Crippen molar-refractivity contribution in [3.63, 3.8) is 0 Å². The summed E-state index contributed by atoms with van der Waals surface area (Å²) < 4.78 is 45.6. The van der Waals surface area contributed by atoms with Crippen LogP contribution in [0.25, 0.3) is 0 Å². The molecule has 1 aromatic rings. The Morgan fingerprint density at radius 2 is 0.863 bits per heavy atom. The maximum Gasteiger partial charge on any atom is 1.00 e. The zero-order valence-electron chi connectivity index (χ0n) is 32.6. The molecular formula is C42H69NaO7S. The fourth-order valence-corrected chi connectivity index (χ4v) is 6.35. The molecule has 0 bridgehead atoms. The second-order valence-corrected chi connectivity index (χ2v) is 15.0. The van der Waals surface area contributed by atoms with Gasteiger partial charge in [-0.2, -0.15) is 0 Å². The van der Waals surface area contributed by atoms with Crippen LogP contribution in [0.2, 0.25) is 0 Å². The number of rotatable bonds is 33. The molecule has 0 aliphatic carbocycles. The Kier molecular flexibility index (Phi) is 33.4. The van der Waals surface area contributed by atoms with Crippen molar-refractivity contribution in [2.45, 2.75) is 186 Å². The van der Waals surface area contributed by atoms with Gasteiger partial charge in [0.2, 0.25) is 0 Å². The summed E-state index contributed by atoms with van der Waals surface area (Å²) in [6.45, 7) is 4.81. The molecule has 0 atom stereocenters. The molecule has 0 saturated carbocycles. The van der Waals surface area contributed by atoms with E-state index in [1.807, 2.05) is 0 Å². The number of ether oxygens (including phenoxy) is 2. The molecule has 0 aliphatic heterocycles. The van der Waals surface area contributed by atoms with Crippen LogP contribution in [0.5, 0.6) is 0 Å². The van der Waals surface area contributed by atoms with Crippen molar-refractivity contribution in [3.8, 4) is 0 Å². The minimum atomic E-state index is -4.82. The number of benzene rings is 1. The molecular weight excluding hydrogens is 672 g/mol. The first-order valence-electron chi connectivity index (χ1n) is 20.0. The van der Waals surface area contributed by atoms with Gasteiger partial charge in [-0.05, 0) is 95.2 Å².